The predicted molar refractivity (Wildman–Crippen MR) is 239 cm³/mol. The minimum atomic E-state index is -0.239. The predicted octanol–water partition coefficient (Wildman–Crippen LogP) is 14.5. The average Bonchev–Trinajstić information content (AvgIpc) is 3.99. The molecule has 1 atom stereocenters. The Morgan fingerprint density at radius 2 is 1.12 bits per heavy atom. The monoisotopic (exact) mass is 745 g/mol. The lowest BCUT2D eigenvalue weighted by Crippen LogP contribution is -2.10. The number of nitrogens with one attached hydrogen (secondary N) is 1. The molecule has 5 nitrogen and oxygen atoms in total. The van der Waals surface area contributed by atoms with E-state index in [0.29, 0.717) is 0 Å². The van der Waals surface area contributed by atoms with Gasteiger partial charge in [0.15, 0.2) is 12.0 Å². The fourth-order valence-electron chi connectivity index (χ4n) is 8.93. The van der Waals surface area contributed by atoms with Crippen molar-refractivity contribution in [3.63, 3.8) is 0 Å². The molecule has 9 aromatic carbocycles. The molecule has 12 rings (SSSR count). The van der Waals surface area contributed by atoms with Crippen LogP contribution < -0.4 is 15.0 Å². The minimum Gasteiger partial charge on any atom is -0.464 e. The molecule has 58 heavy (non-hydrogen) atoms. The first-order valence-electron chi connectivity index (χ1n) is 19.7. The van der Waals surface area contributed by atoms with Gasteiger partial charge < -0.3 is 23.9 Å². The fourth-order valence-corrected chi connectivity index (χ4v) is 8.93. The number of para-hydroxylation sites is 3. The summed E-state index contributed by atoms with van der Waals surface area (Å²) in [5.41, 5.74) is 12.8. The highest BCUT2D eigenvalue weighted by atomic mass is 16.5. The number of benzene rings is 9. The molecule has 0 spiro atoms. The minimum absolute atomic E-state index is 0.239. The Bertz CT molecular complexity index is 3290. The highest BCUT2D eigenvalue weighted by Crippen LogP contribution is 2.47. The fraction of sp³-hybridized carbons (Fsp3) is 0.0189. The summed E-state index contributed by atoms with van der Waals surface area (Å²) in [5, 5.41) is 10.5. The second-order valence-electron chi connectivity index (χ2n) is 14.9. The number of furan rings is 1. The zero-order valence-electron chi connectivity index (χ0n) is 31.3. The van der Waals surface area contributed by atoms with Crippen molar-refractivity contribution < 1.29 is 9.15 Å². The largest absolute Gasteiger partial charge is 0.464 e. The van der Waals surface area contributed by atoms with Gasteiger partial charge in [0.2, 0.25) is 0 Å². The van der Waals surface area contributed by atoms with Crippen LogP contribution in [-0.2, 0) is 0 Å². The van der Waals surface area contributed by atoms with Gasteiger partial charge in [-0.3, -0.25) is 0 Å². The van der Waals surface area contributed by atoms with Crippen LogP contribution in [0.25, 0.3) is 71.3 Å². The Kier molecular flexibility index (Phi) is 7.23. The van der Waals surface area contributed by atoms with Crippen LogP contribution in [0.4, 0.5) is 22.7 Å². The first-order valence-corrected chi connectivity index (χ1v) is 19.7. The van der Waals surface area contributed by atoms with E-state index in [1.165, 1.54) is 21.8 Å². The van der Waals surface area contributed by atoms with Gasteiger partial charge in [-0.2, -0.15) is 0 Å². The Balaban J connectivity index is 0.974. The molecule has 5 heteroatoms. The molecule has 0 aliphatic carbocycles. The summed E-state index contributed by atoms with van der Waals surface area (Å²) in [6.45, 7) is 0. The lowest BCUT2D eigenvalue weighted by Gasteiger charge is -2.26. The summed E-state index contributed by atoms with van der Waals surface area (Å²) >= 11 is 0. The van der Waals surface area contributed by atoms with Gasteiger partial charge in [0.25, 0.3) is 0 Å². The number of fused-ring (bicyclic) bond motifs is 9. The molecule has 0 saturated carbocycles. The second kappa shape index (κ2) is 12.9. The highest BCUT2D eigenvalue weighted by molar-refractivity contribution is 6.10. The topological polar surface area (TPSA) is 42.6 Å². The SMILES string of the molecule is c1ccc(C2Nc3ccc4cccc(-c5ccc(N(c6ccc(-n7c8ccccc8c8ccccc87)cc6)c6ccc7oc8ccccc8c7c6)cc5)c4c3O2)cc1. The van der Waals surface area contributed by atoms with E-state index < -0.39 is 0 Å². The van der Waals surface area contributed by atoms with Crippen molar-refractivity contribution in [1.29, 1.82) is 0 Å². The molecule has 11 aromatic rings. The van der Waals surface area contributed by atoms with Crippen LogP contribution in [0.15, 0.2) is 205 Å². The summed E-state index contributed by atoms with van der Waals surface area (Å²) in [6, 6.07) is 71.0. The Labute approximate surface area is 334 Å². The van der Waals surface area contributed by atoms with Crippen molar-refractivity contribution in [2.45, 2.75) is 6.23 Å². The Morgan fingerprint density at radius 1 is 0.483 bits per heavy atom. The molecule has 1 aliphatic rings. The second-order valence-corrected chi connectivity index (χ2v) is 14.9. The third kappa shape index (κ3) is 5.10. The van der Waals surface area contributed by atoms with E-state index in [1.807, 2.05) is 30.3 Å². The van der Waals surface area contributed by atoms with Crippen LogP contribution in [0.1, 0.15) is 11.8 Å². The Morgan fingerprint density at radius 3 is 1.88 bits per heavy atom. The summed E-state index contributed by atoms with van der Waals surface area (Å²) in [6.07, 6.45) is -0.239. The van der Waals surface area contributed by atoms with Gasteiger partial charge in [-0.1, -0.05) is 121 Å². The van der Waals surface area contributed by atoms with E-state index in [-0.39, 0.29) is 6.23 Å². The van der Waals surface area contributed by atoms with Gasteiger partial charge in [0, 0.05) is 55.2 Å². The lowest BCUT2D eigenvalue weighted by molar-refractivity contribution is 0.262. The van der Waals surface area contributed by atoms with Crippen LogP contribution in [0.5, 0.6) is 5.75 Å². The molecule has 0 amide bonds. The molecular formula is C53H35N3O2. The van der Waals surface area contributed by atoms with Crippen LogP contribution in [-0.4, -0.2) is 4.57 Å². The molecule has 0 fully saturated rings. The average molecular weight is 746 g/mol. The number of nitrogens with zero attached hydrogens (tertiary/aromatic N) is 2. The molecule has 2 aromatic heterocycles. The molecule has 274 valence electrons. The molecule has 0 saturated heterocycles. The number of hydrogen-bond donors (Lipinski definition) is 1. The first-order chi connectivity index (χ1) is 28.7. The van der Waals surface area contributed by atoms with E-state index in [0.717, 1.165) is 83.6 Å². The molecule has 3 heterocycles. The summed E-state index contributed by atoms with van der Waals surface area (Å²) in [7, 11) is 0. The summed E-state index contributed by atoms with van der Waals surface area (Å²) in [5.74, 6) is 0.886. The van der Waals surface area contributed by atoms with Gasteiger partial charge >= 0.3 is 0 Å². The van der Waals surface area contributed by atoms with Crippen molar-refractivity contribution in [2.75, 3.05) is 10.2 Å². The van der Waals surface area contributed by atoms with Crippen molar-refractivity contribution >= 4 is 77.3 Å². The number of rotatable bonds is 6. The van der Waals surface area contributed by atoms with Crippen LogP contribution >= 0.6 is 0 Å². The van der Waals surface area contributed by atoms with E-state index in [1.54, 1.807) is 0 Å². The van der Waals surface area contributed by atoms with Crippen LogP contribution in [0, 0.1) is 0 Å². The standard InChI is InChI=1S/C53H35N3O2/c1-2-11-36(12-3-1)53-54-46-31-23-35-13-10-17-41(51(35)52(46)58-53)34-21-24-37(25-22-34)55(40-30-32-50-45(33-40)44-16-6-9-20-49(44)57-50)38-26-28-39(29-27-38)56-47-18-7-4-14-42(47)43-15-5-8-19-48(43)56/h1-33,53-54H. The molecule has 0 radical (unpaired) electrons. The molecule has 1 aliphatic heterocycles. The van der Waals surface area contributed by atoms with Gasteiger partial charge in [-0.15, -0.1) is 0 Å². The summed E-state index contributed by atoms with van der Waals surface area (Å²) < 4.78 is 15.3. The first kappa shape index (κ1) is 32.5. The van der Waals surface area contributed by atoms with Crippen molar-refractivity contribution in [1.82, 2.24) is 4.57 Å². The van der Waals surface area contributed by atoms with E-state index in [9.17, 15) is 0 Å². The lowest BCUT2D eigenvalue weighted by atomic mass is 9.96. The van der Waals surface area contributed by atoms with Crippen molar-refractivity contribution in [2.24, 2.45) is 0 Å². The third-order valence-electron chi connectivity index (χ3n) is 11.6. The number of ether oxygens (including phenoxy) is 1. The number of aromatic nitrogens is 1. The van der Waals surface area contributed by atoms with Gasteiger partial charge in [0.05, 0.1) is 16.7 Å². The maximum Gasteiger partial charge on any atom is 0.196 e. The van der Waals surface area contributed by atoms with Gasteiger partial charge in [-0.05, 0) is 95.4 Å². The van der Waals surface area contributed by atoms with Crippen LogP contribution in [0.2, 0.25) is 0 Å². The van der Waals surface area contributed by atoms with E-state index in [4.69, 9.17) is 9.15 Å². The van der Waals surface area contributed by atoms with Crippen molar-refractivity contribution in [3.8, 4) is 22.6 Å². The molecule has 0 bridgehead atoms. The smallest absolute Gasteiger partial charge is 0.196 e. The van der Waals surface area contributed by atoms with Gasteiger partial charge in [-0.25, -0.2) is 0 Å². The maximum atomic E-state index is 6.66. The van der Waals surface area contributed by atoms with E-state index >= 15 is 0 Å². The van der Waals surface area contributed by atoms with E-state index in [2.05, 4.69) is 185 Å². The molecule has 1 N–H and O–H groups in total. The highest BCUT2D eigenvalue weighted by Gasteiger charge is 2.27. The van der Waals surface area contributed by atoms with Crippen LogP contribution in [0.3, 0.4) is 0 Å². The maximum absolute atomic E-state index is 6.66. The quantitative estimate of drug-likeness (QED) is 0.184. The normalized spacial score (nSPS) is 13.6. The zero-order valence-corrected chi connectivity index (χ0v) is 31.3. The van der Waals surface area contributed by atoms with Gasteiger partial charge in [0.1, 0.15) is 11.2 Å². The zero-order chi connectivity index (χ0) is 38.2. The molecule has 1 unspecified atom stereocenters. The third-order valence-corrected chi connectivity index (χ3v) is 11.6. The number of hydrogen-bond acceptors (Lipinski definition) is 4. The molecular weight excluding hydrogens is 711 g/mol. The van der Waals surface area contributed by atoms with Crippen molar-refractivity contribution in [3.05, 3.63) is 206 Å². The summed E-state index contributed by atoms with van der Waals surface area (Å²) in [4.78, 5) is 2.33. The number of anilines is 4. The Hall–Kier alpha value is -7.76.